The molecule has 5 N–H and O–H groups in total. The summed E-state index contributed by atoms with van der Waals surface area (Å²) in [5, 5.41) is 4.95. The molecule has 0 aliphatic rings. The average Bonchev–Trinajstić information content (AvgIpc) is 2.53. The first kappa shape index (κ1) is 26.3. The maximum Gasteiger partial charge on any atom is 0.0753 e. The Hall–Kier alpha value is -1.90. The third kappa shape index (κ3) is 10.9. The Bertz CT molecular complexity index is 611. The van der Waals surface area contributed by atoms with E-state index in [1.54, 1.807) is 18.0 Å². The van der Waals surface area contributed by atoms with Gasteiger partial charge in [-0.1, -0.05) is 39.5 Å². The van der Waals surface area contributed by atoms with Crippen LogP contribution in [0.3, 0.4) is 0 Å². The molecule has 0 aliphatic carbocycles. The van der Waals surface area contributed by atoms with E-state index in [1.807, 2.05) is 39.0 Å². The summed E-state index contributed by atoms with van der Waals surface area (Å²) >= 11 is 3.56. The number of nitrogens with two attached hydrogens (primary N) is 2. The van der Waals surface area contributed by atoms with Gasteiger partial charge in [0.15, 0.2) is 0 Å². The molecular weight excluding hydrogens is 388 g/mol. The quantitative estimate of drug-likeness (QED) is 0.236. The van der Waals surface area contributed by atoms with E-state index in [0.717, 1.165) is 15.9 Å². The SMILES string of the molecule is C#CC.C=C/C(=C(N)\C(Br)=C(/C)NC(/C=C\C)=C/C)N(N)CC(C)(C)C. The zero-order chi connectivity index (χ0) is 20.9. The topological polar surface area (TPSA) is 67.3 Å². The van der Waals surface area contributed by atoms with E-state index < -0.39 is 0 Å². The molecule has 0 fully saturated rings. The minimum Gasteiger partial charge on any atom is -0.396 e. The summed E-state index contributed by atoms with van der Waals surface area (Å²) in [5.41, 5.74) is 9.48. The third-order valence-electron chi connectivity index (χ3n) is 2.98. The van der Waals surface area contributed by atoms with Crippen LogP contribution in [0.5, 0.6) is 0 Å². The van der Waals surface area contributed by atoms with Gasteiger partial charge in [-0.05, 0) is 61.2 Å². The highest BCUT2D eigenvalue weighted by molar-refractivity contribution is 9.12. The molecule has 0 heterocycles. The highest BCUT2D eigenvalue weighted by Gasteiger charge is 2.18. The standard InChI is InChI=1S/C18H31BrN4.C3H4/c1-8-11-14(9-2)22-13(4)16(19)17(20)15(10-3)23(21)12-18(5,6)7;1-3-2/h8-11,22H,3,12,20-21H2,1-2,4-7H3;1H,2H3/b11-8-,14-9+,16-13-,17-15-;. The lowest BCUT2D eigenvalue weighted by atomic mass is 9.96. The van der Waals surface area contributed by atoms with Crippen molar-refractivity contribution in [2.45, 2.75) is 48.5 Å². The second-order valence-corrected chi connectivity index (χ2v) is 7.58. The first-order valence-corrected chi connectivity index (χ1v) is 9.22. The van der Waals surface area contributed by atoms with Crippen LogP contribution >= 0.6 is 15.9 Å². The molecule has 0 saturated carbocycles. The monoisotopic (exact) mass is 422 g/mol. The van der Waals surface area contributed by atoms with E-state index in [1.165, 1.54) is 0 Å². The van der Waals surface area contributed by atoms with Crippen molar-refractivity contribution in [2.75, 3.05) is 6.54 Å². The lowest BCUT2D eigenvalue weighted by Crippen LogP contribution is -2.38. The van der Waals surface area contributed by atoms with Gasteiger partial charge in [0.25, 0.3) is 0 Å². The molecule has 0 aromatic carbocycles. The van der Waals surface area contributed by atoms with Crippen LogP contribution in [0.1, 0.15) is 48.5 Å². The van der Waals surface area contributed by atoms with Crippen molar-refractivity contribution >= 4 is 15.9 Å². The smallest absolute Gasteiger partial charge is 0.0753 e. The molecular formula is C21H35BrN4. The first-order valence-electron chi connectivity index (χ1n) is 8.43. The lowest BCUT2D eigenvalue weighted by Gasteiger charge is -2.29. The van der Waals surface area contributed by atoms with E-state index in [-0.39, 0.29) is 5.41 Å². The molecule has 0 rings (SSSR count). The normalized spacial score (nSPS) is 13.8. The fourth-order valence-corrected chi connectivity index (χ4v) is 2.26. The number of hydrazine groups is 1. The first-order chi connectivity index (χ1) is 12.0. The number of hydrogen-bond donors (Lipinski definition) is 3. The Labute approximate surface area is 168 Å². The maximum absolute atomic E-state index is 6.29. The van der Waals surface area contributed by atoms with Crippen LogP contribution in [0, 0.1) is 17.8 Å². The Balaban J connectivity index is 0. The Morgan fingerprint density at radius 1 is 1.35 bits per heavy atom. The molecule has 0 radical (unpaired) electrons. The van der Waals surface area contributed by atoms with Crippen molar-refractivity contribution in [3.8, 4) is 12.3 Å². The van der Waals surface area contributed by atoms with Gasteiger partial charge in [0, 0.05) is 17.9 Å². The maximum atomic E-state index is 6.29. The summed E-state index contributed by atoms with van der Waals surface area (Å²) in [6, 6.07) is 0. The van der Waals surface area contributed by atoms with Gasteiger partial charge in [0.05, 0.1) is 15.9 Å². The fraction of sp³-hybridized carbons (Fsp3) is 0.429. The van der Waals surface area contributed by atoms with Gasteiger partial charge < -0.3 is 16.1 Å². The van der Waals surface area contributed by atoms with E-state index in [4.69, 9.17) is 11.6 Å². The van der Waals surface area contributed by atoms with Crippen LogP contribution in [0.25, 0.3) is 0 Å². The number of allylic oxidation sites excluding steroid dienone is 6. The highest BCUT2D eigenvalue weighted by Crippen LogP contribution is 2.24. The van der Waals surface area contributed by atoms with Crippen LogP contribution in [0.2, 0.25) is 0 Å². The number of terminal acetylenes is 1. The van der Waals surface area contributed by atoms with E-state index in [9.17, 15) is 0 Å². The molecule has 5 heteroatoms. The minimum absolute atomic E-state index is 0.0524. The summed E-state index contributed by atoms with van der Waals surface area (Å²) in [4.78, 5) is 0. The Morgan fingerprint density at radius 3 is 2.19 bits per heavy atom. The van der Waals surface area contributed by atoms with Crippen LogP contribution in [-0.2, 0) is 0 Å². The third-order valence-corrected chi connectivity index (χ3v) is 4.00. The van der Waals surface area contributed by atoms with Gasteiger partial charge in [-0.2, -0.15) is 0 Å². The van der Waals surface area contributed by atoms with Crippen molar-refractivity contribution in [3.05, 3.63) is 58.2 Å². The molecule has 0 amide bonds. The van der Waals surface area contributed by atoms with Crippen molar-refractivity contribution in [1.29, 1.82) is 0 Å². The Kier molecular flexibility index (Phi) is 13.5. The zero-order valence-electron chi connectivity index (χ0n) is 17.3. The molecule has 0 spiro atoms. The molecule has 26 heavy (non-hydrogen) atoms. The zero-order valence-corrected chi connectivity index (χ0v) is 18.9. The summed E-state index contributed by atoms with van der Waals surface area (Å²) in [6.45, 7) is 18.4. The fourth-order valence-electron chi connectivity index (χ4n) is 1.95. The number of halogens is 1. The van der Waals surface area contributed by atoms with E-state index >= 15 is 0 Å². The molecule has 4 nitrogen and oxygen atoms in total. The van der Waals surface area contributed by atoms with Crippen molar-refractivity contribution in [2.24, 2.45) is 17.0 Å². The summed E-state index contributed by atoms with van der Waals surface area (Å²) in [7, 11) is 0. The lowest BCUT2D eigenvalue weighted by molar-refractivity contribution is 0.243. The van der Waals surface area contributed by atoms with Gasteiger partial charge in [-0.3, -0.25) is 0 Å². The summed E-state index contributed by atoms with van der Waals surface area (Å²) in [5.74, 6) is 8.42. The Morgan fingerprint density at radius 2 is 1.85 bits per heavy atom. The summed E-state index contributed by atoms with van der Waals surface area (Å²) < 4.78 is 0.764. The van der Waals surface area contributed by atoms with Gasteiger partial charge in [0.2, 0.25) is 0 Å². The van der Waals surface area contributed by atoms with Crippen LogP contribution in [0.4, 0.5) is 0 Å². The van der Waals surface area contributed by atoms with E-state index in [0.29, 0.717) is 17.9 Å². The average molecular weight is 423 g/mol. The van der Waals surface area contributed by atoms with Crippen LogP contribution in [0.15, 0.2) is 58.2 Å². The van der Waals surface area contributed by atoms with Gasteiger partial charge in [0.1, 0.15) is 0 Å². The van der Waals surface area contributed by atoms with Crippen molar-refractivity contribution in [3.63, 3.8) is 0 Å². The predicted octanol–water partition coefficient (Wildman–Crippen LogP) is 4.90. The van der Waals surface area contributed by atoms with Crippen molar-refractivity contribution in [1.82, 2.24) is 10.3 Å². The molecule has 0 aromatic heterocycles. The van der Waals surface area contributed by atoms with Crippen molar-refractivity contribution < 1.29 is 0 Å². The largest absolute Gasteiger partial charge is 0.396 e. The molecule has 0 aromatic rings. The van der Waals surface area contributed by atoms with Gasteiger partial charge in [-0.25, -0.2) is 5.84 Å². The number of rotatable bonds is 7. The molecule has 0 bridgehead atoms. The highest BCUT2D eigenvalue weighted by atomic mass is 79.9. The second kappa shape index (κ2) is 13.3. The molecule has 146 valence electrons. The molecule has 0 atom stereocenters. The number of hydrogen-bond acceptors (Lipinski definition) is 4. The van der Waals surface area contributed by atoms with Gasteiger partial charge >= 0.3 is 0 Å². The number of nitrogens with one attached hydrogen (secondary N) is 1. The number of nitrogens with zero attached hydrogens (tertiary/aromatic N) is 1. The minimum atomic E-state index is 0.0524. The van der Waals surface area contributed by atoms with Crippen LogP contribution in [-0.4, -0.2) is 11.6 Å². The summed E-state index contributed by atoms with van der Waals surface area (Å²) in [6.07, 6.45) is 12.2. The second-order valence-electron chi connectivity index (χ2n) is 6.79. The molecule has 0 aliphatic heterocycles. The van der Waals surface area contributed by atoms with E-state index in [2.05, 4.69) is 60.9 Å². The van der Waals surface area contributed by atoms with Gasteiger partial charge in [-0.15, -0.1) is 12.3 Å². The van der Waals surface area contributed by atoms with Crippen LogP contribution < -0.4 is 16.9 Å². The predicted molar refractivity (Wildman–Crippen MR) is 120 cm³/mol. The molecule has 0 saturated heterocycles. The molecule has 0 unspecified atom stereocenters.